The number of esters is 1. The van der Waals surface area contributed by atoms with E-state index in [9.17, 15) is 9.59 Å². The van der Waals surface area contributed by atoms with Crippen molar-refractivity contribution in [1.82, 2.24) is 4.90 Å². The van der Waals surface area contributed by atoms with E-state index in [1.807, 2.05) is 112 Å². The van der Waals surface area contributed by atoms with Crippen molar-refractivity contribution in [3.63, 3.8) is 0 Å². The van der Waals surface area contributed by atoms with Gasteiger partial charge in [-0.25, -0.2) is 4.79 Å². The van der Waals surface area contributed by atoms with Crippen molar-refractivity contribution in [3.8, 4) is 5.75 Å². The number of benzene rings is 3. The minimum absolute atomic E-state index is 0.234. The van der Waals surface area contributed by atoms with Crippen molar-refractivity contribution in [2.45, 2.75) is 57.4 Å². The van der Waals surface area contributed by atoms with E-state index in [2.05, 4.69) is 0 Å². The Labute approximate surface area is 201 Å². The van der Waals surface area contributed by atoms with Crippen LogP contribution in [0.1, 0.15) is 44.9 Å². The Hall–Kier alpha value is -3.60. The highest BCUT2D eigenvalue weighted by Gasteiger charge is 2.60. The van der Waals surface area contributed by atoms with Gasteiger partial charge in [0.1, 0.15) is 22.9 Å². The average Bonchev–Trinajstić information content (AvgIpc) is 2.81. The Kier molecular flexibility index (Phi) is 6.47. The van der Waals surface area contributed by atoms with Gasteiger partial charge < -0.3 is 14.4 Å². The second-order valence-corrected chi connectivity index (χ2v) is 9.85. The summed E-state index contributed by atoms with van der Waals surface area (Å²) in [7, 11) is 0. The second kappa shape index (κ2) is 9.34. The van der Waals surface area contributed by atoms with Crippen LogP contribution in [0.2, 0.25) is 0 Å². The summed E-state index contributed by atoms with van der Waals surface area (Å²) in [6.07, 6.45) is -0.405. The third kappa shape index (κ3) is 4.84. The number of likely N-dealkylation sites (tertiary alicyclic amines) is 1. The first-order valence-electron chi connectivity index (χ1n) is 11.6. The molecule has 0 aromatic heterocycles. The van der Waals surface area contributed by atoms with Gasteiger partial charge in [0, 0.05) is 6.42 Å². The maximum absolute atomic E-state index is 13.6. The highest BCUT2D eigenvalue weighted by Crippen LogP contribution is 2.44. The van der Waals surface area contributed by atoms with Crippen molar-refractivity contribution in [1.29, 1.82) is 0 Å². The molecule has 3 aromatic rings. The van der Waals surface area contributed by atoms with Gasteiger partial charge in [-0.1, -0.05) is 78.9 Å². The fourth-order valence-electron chi connectivity index (χ4n) is 4.38. The monoisotopic (exact) mass is 457 g/mol. The minimum atomic E-state index is -1.22. The van der Waals surface area contributed by atoms with Gasteiger partial charge in [-0.15, -0.1) is 0 Å². The first-order chi connectivity index (χ1) is 16.2. The molecule has 0 unspecified atom stereocenters. The van der Waals surface area contributed by atoms with Gasteiger partial charge in [0.2, 0.25) is 6.10 Å². The first-order valence-corrected chi connectivity index (χ1v) is 11.6. The summed E-state index contributed by atoms with van der Waals surface area (Å²) in [5, 5.41) is 0. The minimum Gasteiger partial charge on any atom is -0.478 e. The molecule has 34 heavy (non-hydrogen) atoms. The maximum atomic E-state index is 13.6. The van der Waals surface area contributed by atoms with Crippen molar-refractivity contribution in [3.05, 3.63) is 102 Å². The molecular weight excluding hydrogens is 426 g/mol. The lowest BCUT2D eigenvalue weighted by Crippen LogP contribution is -2.71. The predicted molar refractivity (Wildman–Crippen MR) is 131 cm³/mol. The molecule has 5 heteroatoms. The van der Waals surface area contributed by atoms with Crippen LogP contribution in [0.4, 0.5) is 0 Å². The molecule has 0 aliphatic carbocycles. The van der Waals surface area contributed by atoms with Crippen molar-refractivity contribution in [2.75, 3.05) is 0 Å². The number of carbonyl (C=O) groups is 2. The lowest BCUT2D eigenvalue weighted by Gasteiger charge is -2.54. The van der Waals surface area contributed by atoms with Crippen LogP contribution in [-0.2, 0) is 20.7 Å². The Morgan fingerprint density at radius 1 is 0.824 bits per heavy atom. The lowest BCUT2D eigenvalue weighted by molar-refractivity contribution is -0.194. The molecule has 0 spiro atoms. The van der Waals surface area contributed by atoms with Crippen LogP contribution in [0.25, 0.3) is 0 Å². The number of para-hydroxylation sites is 1. The van der Waals surface area contributed by atoms with E-state index in [0.717, 1.165) is 11.1 Å². The largest absolute Gasteiger partial charge is 0.478 e. The van der Waals surface area contributed by atoms with E-state index in [-0.39, 0.29) is 5.91 Å². The molecule has 1 fully saturated rings. The molecule has 0 N–H and O–H groups in total. The Bertz CT molecular complexity index is 1130. The summed E-state index contributed by atoms with van der Waals surface area (Å²) < 4.78 is 12.0. The average molecular weight is 458 g/mol. The summed E-state index contributed by atoms with van der Waals surface area (Å²) in [6.45, 7) is 7.30. The number of hydrogen-bond donors (Lipinski definition) is 0. The molecule has 3 aromatic carbocycles. The highest BCUT2D eigenvalue weighted by atomic mass is 16.6. The van der Waals surface area contributed by atoms with Crippen LogP contribution in [0.3, 0.4) is 0 Å². The van der Waals surface area contributed by atoms with E-state index >= 15 is 0 Å². The van der Waals surface area contributed by atoms with E-state index in [0.29, 0.717) is 12.2 Å². The molecule has 176 valence electrons. The summed E-state index contributed by atoms with van der Waals surface area (Å²) >= 11 is 0. The summed E-state index contributed by atoms with van der Waals surface area (Å²) in [5.74, 6) is -0.0539. The van der Waals surface area contributed by atoms with Crippen LogP contribution >= 0.6 is 0 Å². The predicted octanol–water partition coefficient (Wildman–Crippen LogP) is 5.36. The molecule has 1 saturated heterocycles. The number of rotatable bonds is 7. The first kappa shape index (κ1) is 23.6. The number of hydrogen-bond acceptors (Lipinski definition) is 4. The zero-order valence-corrected chi connectivity index (χ0v) is 20.1. The van der Waals surface area contributed by atoms with Gasteiger partial charge in [0.25, 0.3) is 5.91 Å². The van der Waals surface area contributed by atoms with Crippen LogP contribution in [0.15, 0.2) is 91.0 Å². The zero-order chi connectivity index (χ0) is 24.3. The van der Waals surface area contributed by atoms with Crippen molar-refractivity contribution in [2.24, 2.45) is 0 Å². The summed E-state index contributed by atoms with van der Waals surface area (Å²) in [5.41, 5.74) is -0.0535. The molecule has 4 rings (SSSR count). The van der Waals surface area contributed by atoms with Crippen LogP contribution in [-0.4, -0.2) is 34.0 Å². The molecular formula is C29H31NO4. The van der Waals surface area contributed by atoms with Crippen LogP contribution in [0, 0.1) is 0 Å². The third-order valence-corrected chi connectivity index (χ3v) is 5.95. The summed E-state index contributed by atoms with van der Waals surface area (Å²) in [6, 6.07) is 28.3. The molecule has 1 aliphatic heterocycles. The molecule has 1 aliphatic rings. The van der Waals surface area contributed by atoms with Crippen molar-refractivity contribution < 1.29 is 19.1 Å². The molecule has 0 bridgehead atoms. The highest BCUT2D eigenvalue weighted by molar-refractivity contribution is 5.96. The van der Waals surface area contributed by atoms with E-state index in [1.165, 1.54) is 0 Å². The van der Waals surface area contributed by atoms with Crippen LogP contribution < -0.4 is 4.74 Å². The standard InChI is InChI=1S/C29H31NO4/c1-28(2,3)34-27(32)29(4,20-21-14-8-5-9-15-21)30-24(22-16-10-6-11-17-22)25(26(30)31)33-23-18-12-7-13-19-23/h5-19,24-25H,20H2,1-4H3/t24-,25+,29+/m1/s1. The normalized spacial score (nSPS) is 19.6. The van der Waals surface area contributed by atoms with E-state index in [1.54, 1.807) is 11.8 Å². The fourth-order valence-corrected chi connectivity index (χ4v) is 4.38. The van der Waals surface area contributed by atoms with E-state index in [4.69, 9.17) is 9.47 Å². The fraction of sp³-hybridized carbons (Fsp3) is 0.310. The molecule has 0 saturated carbocycles. The van der Waals surface area contributed by atoms with Crippen molar-refractivity contribution >= 4 is 11.9 Å². The van der Waals surface area contributed by atoms with Gasteiger partial charge >= 0.3 is 5.97 Å². The summed E-state index contributed by atoms with van der Waals surface area (Å²) in [4.78, 5) is 28.9. The SMILES string of the molecule is CC(C)(C)OC(=O)[C@](C)(Cc1ccccc1)N1C(=O)[C@@H](Oc2ccccc2)[C@H]1c1ccccc1. The van der Waals surface area contributed by atoms with Gasteiger partial charge in [-0.05, 0) is 51.0 Å². The number of ether oxygens (including phenoxy) is 2. The Balaban J connectivity index is 1.75. The number of β-lactam (4-membered cyclic amide) rings is 1. The maximum Gasteiger partial charge on any atom is 0.332 e. The molecule has 3 atom stereocenters. The van der Waals surface area contributed by atoms with Gasteiger partial charge in [0.05, 0.1) is 0 Å². The Morgan fingerprint density at radius 3 is 1.91 bits per heavy atom. The number of amides is 1. The van der Waals surface area contributed by atoms with Gasteiger partial charge in [0.15, 0.2) is 0 Å². The van der Waals surface area contributed by atoms with Crippen LogP contribution in [0.5, 0.6) is 5.75 Å². The number of carbonyl (C=O) groups excluding carboxylic acids is 2. The van der Waals surface area contributed by atoms with Gasteiger partial charge in [-0.2, -0.15) is 0 Å². The smallest absolute Gasteiger partial charge is 0.332 e. The molecule has 1 heterocycles. The van der Waals surface area contributed by atoms with E-state index < -0.39 is 29.3 Å². The molecule has 1 amide bonds. The third-order valence-electron chi connectivity index (χ3n) is 5.95. The molecule has 0 radical (unpaired) electrons. The second-order valence-electron chi connectivity index (χ2n) is 9.85. The Morgan fingerprint density at radius 2 is 1.35 bits per heavy atom. The number of nitrogens with zero attached hydrogens (tertiary/aromatic N) is 1. The topological polar surface area (TPSA) is 55.8 Å². The lowest BCUT2D eigenvalue weighted by atomic mass is 9.80. The van der Waals surface area contributed by atoms with Gasteiger partial charge in [-0.3, -0.25) is 4.79 Å². The molecule has 5 nitrogen and oxygen atoms in total. The zero-order valence-electron chi connectivity index (χ0n) is 20.1. The quantitative estimate of drug-likeness (QED) is 0.354.